The quantitative estimate of drug-likeness (QED) is 0.137. The highest BCUT2D eigenvalue weighted by Gasteiger charge is 1.93. The molecule has 0 fully saturated rings. The van der Waals surface area contributed by atoms with Crippen molar-refractivity contribution < 1.29 is 19.1 Å². The standard InChI is InChI=1S/C10H15NO.C8H10O.C7H9OP.C7H8O.4C7H8.C3H9N/c1-9-4-6-10(7-5-9)12-8-11(2)3;1-7-3-5-8(9-2)6-4-7;1-6-2-4-7(8-9)5-3-6;1-6-2-4-7(8)5-3-6;4*1-7-5-3-2-4-6-7;1-4(2)3/h4-7H,8H2,1-3H3;3-6H,1-2H3;2-5H,9H2,1H3;2-5,8H,1H3;4*2-6H,1H3;1-3H3. The summed E-state index contributed by atoms with van der Waals surface area (Å²) in [4.78, 5) is 3.99. The van der Waals surface area contributed by atoms with Gasteiger partial charge in [-0.3, -0.25) is 4.90 Å². The van der Waals surface area contributed by atoms with Crippen LogP contribution in [0.15, 0.2) is 218 Å². The van der Waals surface area contributed by atoms with Crippen LogP contribution in [-0.4, -0.2) is 64.0 Å². The van der Waals surface area contributed by atoms with Crippen molar-refractivity contribution in [2.24, 2.45) is 0 Å². The first-order valence-electron chi connectivity index (χ1n) is 23.2. The van der Waals surface area contributed by atoms with Crippen LogP contribution in [0.25, 0.3) is 0 Å². The third kappa shape index (κ3) is 40.4. The maximum Gasteiger partial charge on any atom is 0.141 e. The van der Waals surface area contributed by atoms with Gasteiger partial charge < -0.3 is 24.0 Å². The van der Waals surface area contributed by atoms with Gasteiger partial charge in [-0.25, -0.2) is 0 Å². The Hall–Kier alpha value is -6.69. The summed E-state index contributed by atoms with van der Waals surface area (Å²) < 4.78 is 15.3. The zero-order valence-electron chi connectivity index (χ0n) is 44.6. The third-order valence-corrected chi connectivity index (χ3v) is 8.99. The third-order valence-electron chi connectivity index (χ3n) is 8.72. The Morgan fingerprint density at radius 1 is 0.343 bits per heavy atom. The van der Waals surface area contributed by atoms with Crippen LogP contribution in [0.2, 0.25) is 0 Å². The number of phenols is 1. The molecule has 0 aliphatic rings. The molecule has 0 aliphatic heterocycles. The highest BCUT2D eigenvalue weighted by molar-refractivity contribution is 7.10. The number of ether oxygens (including phenoxy) is 2. The number of aromatic hydroxyl groups is 1. The Balaban J connectivity index is 0.000000773. The van der Waals surface area contributed by atoms with Crippen LogP contribution in [-0.2, 0) is 0 Å². The molecule has 0 aromatic heterocycles. The largest absolute Gasteiger partial charge is 0.508 e. The van der Waals surface area contributed by atoms with Gasteiger partial charge in [0.05, 0.1) is 16.6 Å². The molecule has 8 aromatic carbocycles. The molecule has 0 amide bonds. The molecule has 70 heavy (non-hydrogen) atoms. The second-order valence-corrected chi connectivity index (χ2v) is 17.1. The molecule has 6 nitrogen and oxygen atoms in total. The second-order valence-electron chi connectivity index (χ2n) is 16.9. The van der Waals surface area contributed by atoms with Crippen molar-refractivity contribution in [1.29, 1.82) is 0 Å². The molecule has 7 heteroatoms. The molecule has 0 heterocycles. The van der Waals surface area contributed by atoms with E-state index in [4.69, 9.17) is 19.1 Å². The fourth-order valence-electron chi connectivity index (χ4n) is 4.81. The van der Waals surface area contributed by atoms with Gasteiger partial charge >= 0.3 is 0 Å². The highest BCUT2D eigenvalue weighted by atomic mass is 31.0. The van der Waals surface area contributed by atoms with Gasteiger partial charge in [0, 0.05) is 0 Å². The van der Waals surface area contributed by atoms with E-state index in [1.54, 1.807) is 19.2 Å². The Labute approximate surface area is 426 Å². The lowest BCUT2D eigenvalue weighted by Crippen LogP contribution is -2.18. The van der Waals surface area contributed by atoms with E-state index in [1.807, 2.05) is 217 Å². The molecule has 0 radical (unpaired) electrons. The number of aryl methyl sites for hydroxylation is 8. The number of hydrogen-bond donors (Lipinski definition) is 1. The summed E-state index contributed by atoms with van der Waals surface area (Å²) in [6.07, 6.45) is 0. The zero-order valence-corrected chi connectivity index (χ0v) is 45.8. The number of nitrogens with zero attached hydrogens (tertiary/aromatic N) is 2. The van der Waals surface area contributed by atoms with Gasteiger partial charge in [-0.15, -0.1) is 0 Å². The maximum absolute atomic E-state index is 8.76. The lowest BCUT2D eigenvalue weighted by molar-refractivity contribution is 0.179. The van der Waals surface area contributed by atoms with Gasteiger partial charge in [0.25, 0.3) is 0 Å². The molecule has 0 aliphatic carbocycles. The van der Waals surface area contributed by atoms with E-state index in [-0.39, 0.29) is 0 Å². The van der Waals surface area contributed by atoms with Crippen LogP contribution in [0.1, 0.15) is 44.5 Å². The molecule has 8 aromatic rings. The van der Waals surface area contributed by atoms with Crippen LogP contribution in [0.5, 0.6) is 23.0 Å². The predicted molar refractivity (Wildman–Crippen MR) is 307 cm³/mol. The molecule has 0 saturated heterocycles. The normalized spacial score (nSPS) is 9.16. The molecular formula is C63H83N2O4P. The van der Waals surface area contributed by atoms with E-state index in [2.05, 4.69) is 99.5 Å². The summed E-state index contributed by atoms with van der Waals surface area (Å²) in [5.41, 5.74) is 10.2. The van der Waals surface area contributed by atoms with Gasteiger partial charge in [-0.1, -0.05) is 214 Å². The van der Waals surface area contributed by atoms with Crippen molar-refractivity contribution in [3.8, 4) is 23.0 Å². The lowest BCUT2D eigenvalue weighted by Gasteiger charge is -2.11. The number of methoxy groups -OCH3 is 1. The monoisotopic (exact) mass is 963 g/mol. The molecule has 1 atom stereocenters. The van der Waals surface area contributed by atoms with Crippen LogP contribution in [0.4, 0.5) is 0 Å². The zero-order chi connectivity index (χ0) is 52.4. The summed E-state index contributed by atoms with van der Waals surface area (Å²) in [7, 11) is 13.8. The van der Waals surface area contributed by atoms with Crippen molar-refractivity contribution in [3.05, 3.63) is 263 Å². The van der Waals surface area contributed by atoms with Crippen LogP contribution in [0.3, 0.4) is 0 Å². The maximum atomic E-state index is 8.76. The smallest absolute Gasteiger partial charge is 0.141 e. The highest BCUT2D eigenvalue weighted by Crippen LogP contribution is 2.13. The van der Waals surface area contributed by atoms with E-state index in [0.29, 0.717) is 12.5 Å². The van der Waals surface area contributed by atoms with E-state index in [0.717, 1.165) is 17.2 Å². The summed E-state index contributed by atoms with van der Waals surface area (Å²) in [6, 6.07) is 72.1. The SMILES string of the molecule is CN(C)C.COc1ccc(C)cc1.Cc1ccc(O)cc1.Cc1ccc(OCN(C)C)cc1.Cc1ccc(OP)cc1.Cc1ccccc1.Cc1ccccc1.Cc1ccccc1.Cc1ccccc1. The van der Waals surface area contributed by atoms with Crippen molar-refractivity contribution in [1.82, 2.24) is 9.80 Å². The van der Waals surface area contributed by atoms with Crippen molar-refractivity contribution in [2.45, 2.75) is 55.4 Å². The lowest BCUT2D eigenvalue weighted by atomic mass is 10.2. The fourth-order valence-corrected chi connectivity index (χ4v) is 4.97. The topological polar surface area (TPSA) is 54.4 Å². The molecule has 0 bridgehead atoms. The first-order valence-corrected chi connectivity index (χ1v) is 23.7. The summed E-state index contributed by atoms with van der Waals surface area (Å²) in [5, 5.41) is 8.76. The minimum absolute atomic E-state index is 0.329. The molecule has 0 spiro atoms. The minimum Gasteiger partial charge on any atom is -0.508 e. The van der Waals surface area contributed by atoms with Gasteiger partial charge in [0.1, 0.15) is 29.7 Å². The van der Waals surface area contributed by atoms with Gasteiger partial charge in [0.2, 0.25) is 0 Å². The van der Waals surface area contributed by atoms with E-state index < -0.39 is 0 Å². The first kappa shape index (κ1) is 63.3. The molecule has 1 unspecified atom stereocenters. The Morgan fingerprint density at radius 2 is 0.571 bits per heavy atom. The summed E-state index contributed by atoms with van der Waals surface area (Å²) in [5.74, 6) is 3.05. The first-order chi connectivity index (χ1) is 33.4. The minimum atomic E-state index is 0.329. The Morgan fingerprint density at radius 3 is 0.771 bits per heavy atom. The number of phenolic OH excluding ortho intramolecular Hbond substituents is 1. The molecule has 0 saturated carbocycles. The van der Waals surface area contributed by atoms with Gasteiger partial charge in [-0.2, -0.15) is 0 Å². The van der Waals surface area contributed by atoms with Crippen molar-refractivity contribution >= 4 is 9.47 Å². The Bertz CT molecular complexity index is 2130. The van der Waals surface area contributed by atoms with Gasteiger partial charge in [-0.05, 0) is 139 Å². The van der Waals surface area contributed by atoms with Crippen LogP contribution < -0.4 is 14.0 Å². The summed E-state index contributed by atoms with van der Waals surface area (Å²) >= 11 is 0. The average molecular weight is 963 g/mol. The number of hydrogen-bond acceptors (Lipinski definition) is 6. The second kappa shape index (κ2) is 41.3. The van der Waals surface area contributed by atoms with Gasteiger partial charge in [0.15, 0.2) is 0 Å². The molecular weight excluding hydrogens is 880 g/mol. The molecule has 8 rings (SSSR count). The van der Waals surface area contributed by atoms with E-state index >= 15 is 0 Å². The molecule has 1 N–H and O–H groups in total. The predicted octanol–water partition coefficient (Wildman–Crippen LogP) is 15.9. The fraction of sp³-hybridized carbons (Fsp3) is 0.238. The van der Waals surface area contributed by atoms with Crippen LogP contribution in [0, 0.1) is 55.4 Å². The van der Waals surface area contributed by atoms with Crippen LogP contribution >= 0.6 is 9.47 Å². The summed E-state index contributed by atoms with van der Waals surface area (Å²) in [6.45, 7) is 17.1. The van der Waals surface area contributed by atoms with Crippen molar-refractivity contribution in [2.75, 3.05) is 49.1 Å². The number of rotatable bonds is 5. The van der Waals surface area contributed by atoms with Crippen molar-refractivity contribution in [3.63, 3.8) is 0 Å². The number of benzene rings is 8. The van der Waals surface area contributed by atoms with E-state index in [9.17, 15) is 0 Å². The molecule has 374 valence electrons. The van der Waals surface area contributed by atoms with E-state index in [1.165, 1.54) is 44.5 Å². The average Bonchev–Trinajstić information content (AvgIpc) is 3.35. The Kier molecular flexibility index (Phi) is 37.3.